The van der Waals surface area contributed by atoms with Crippen molar-refractivity contribution < 1.29 is 19.1 Å². The first-order chi connectivity index (χ1) is 15.4. The second kappa shape index (κ2) is 10.7. The van der Waals surface area contributed by atoms with Gasteiger partial charge in [-0.15, -0.1) is 0 Å². The van der Waals surface area contributed by atoms with E-state index in [0.29, 0.717) is 11.4 Å². The van der Waals surface area contributed by atoms with E-state index in [1.54, 1.807) is 19.2 Å². The van der Waals surface area contributed by atoms with Crippen molar-refractivity contribution in [2.75, 3.05) is 30.4 Å². The van der Waals surface area contributed by atoms with Crippen LogP contribution in [0.5, 0.6) is 5.75 Å². The molecule has 1 saturated heterocycles. The van der Waals surface area contributed by atoms with Gasteiger partial charge in [-0.25, -0.2) is 0 Å². The van der Waals surface area contributed by atoms with Crippen LogP contribution < -0.4 is 26.0 Å². The first-order valence-electron chi connectivity index (χ1n) is 10.7. The highest BCUT2D eigenvalue weighted by Crippen LogP contribution is 2.25. The molecule has 1 aliphatic rings. The summed E-state index contributed by atoms with van der Waals surface area (Å²) in [5.74, 6) is 0.0263. The number of anilines is 2. The molecule has 1 atom stereocenters. The van der Waals surface area contributed by atoms with Gasteiger partial charge in [-0.05, 0) is 54.8 Å². The molecule has 1 aliphatic heterocycles. The average molecular weight is 439 g/mol. The zero-order valence-electron chi connectivity index (χ0n) is 18.5. The Morgan fingerprint density at radius 1 is 1.06 bits per heavy atom. The summed E-state index contributed by atoms with van der Waals surface area (Å²) in [6.07, 6.45) is 1.61. The van der Waals surface area contributed by atoms with Crippen LogP contribution in [0.15, 0.2) is 48.5 Å². The Kier molecular flexibility index (Phi) is 7.70. The number of primary amides is 1. The van der Waals surface area contributed by atoms with Crippen LogP contribution in [0.1, 0.15) is 37.8 Å². The number of methoxy groups -OCH3 is 1. The highest BCUT2D eigenvalue weighted by Gasteiger charge is 2.23. The van der Waals surface area contributed by atoms with Crippen LogP contribution >= 0.6 is 0 Å². The number of nitrogens with zero attached hydrogens (tertiary/aromatic N) is 1. The van der Waals surface area contributed by atoms with Crippen molar-refractivity contribution >= 4 is 29.1 Å². The summed E-state index contributed by atoms with van der Waals surface area (Å²) in [5, 5.41) is 5.73. The third kappa shape index (κ3) is 6.23. The van der Waals surface area contributed by atoms with Gasteiger partial charge in [0.1, 0.15) is 5.75 Å². The Balaban J connectivity index is 1.59. The molecule has 0 spiro atoms. The molecule has 3 rings (SSSR count). The molecule has 0 bridgehead atoms. The maximum Gasteiger partial charge on any atom is 0.226 e. The molecule has 170 valence electrons. The Labute approximate surface area is 188 Å². The summed E-state index contributed by atoms with van der Waals surface area (Å²) in [4.78, 5) is 37.8. The van der Waals surface area contributed by atoms with Crippen molar-refractivity contribution in [2.24, 2.45) is 11.7 Å². The SMILES string of the molecule is COc1ccc(C(CC(=O)Nc2ccc(N3CCC(C(N)=O)CC3)cc2)NC(C)=O)cc1. The highest BCUT2D eigenvalue weighted by molar-refractivity contribution is 5.91. The predicted octanol–water partition coefficient (Wildman–Crippen LogP) is 2.60. The standard InChI is InChI=1S/C24H30N4O4/c1-16(29)26-22(17-3-9-21(32-2)10-4-17)15-23(30)27-19-5-7-20(8-6-19)28-13-11-18(12-14-28)24(25)31/h3-10,18,22H,11-15H2,1-2H3,(H2,25,31)(H,26,29)(H,27,30). The maximum absolute atomic E-state index is 12.6. The van der Waals surface area contributed by atoms with Gasteiger partial charge in [-0.1, -0.05) is 12.1 Å². The zero-order valence-corrected chi connectivity index (χ0v) is 18.5. The van der Waals surface area contributed by atoms with E-state index >= 15 is 0 Å². The number of carbonyl (C=O) groups excluding carboxylic acids is 3. The first-order valence-corrected chi connectivity index (χ1v) is 10.7. The summed E-state index contributed by atoms with van der Waals surface area (Å²) in [6, 6.07) is 14.4. The van der Waals surface area contributed by atoms with Crippen molar-refractivity contribution in [3.8, 4) is 5.75 Å². The quantitative estimate of drug-likeness (QED) is 0.586. The van der Waals surface area contributed by atoms with Crippen molar-refractivity contribution in [3.63, 3.8) is 0 Å². The Morgan fingerprint density at radius 2 is 1.69 bits per heavy atom. The number of nitrogens with two attached hydrogens (primary N) is 1. The van der Waals surface area contributed by atoms with E-state index in [-0.39, 0.29) is 30.1 Å². The predicted molar refractivity (Wildman–Crippen MR) is 123 cm³/mol. The number of benzene rings is 2. The number of ether oxygens (including phenoxy) is 1. The minimum absolute atomic E-state index is 0.0490. The fourth-order valence-corrected chi connectivity index (χ4v) is 3.91. The van der Waals surface area contributed by atoms with Gasteiger partial charge in [0.15, 0.2) is 0 Å². The molecule has 1 fully saturated rings. The second-order valence-corrected chi connectivity index (χ2v) is 7.99. The number of hydrogen-bond donors (Lipinski definition) is 3. The summed E-state index contributed by atoms with van der Waals surface area (Å²) in [5.41, 5.74) is 7.95. The van der Waals surface area contributed by atoms with Crippen LogP contribution in [-0.2, 0) is 14.4 Å². The third-order valence-corrected chi connectivity index (χ3v) is 5.70. The molecule has 4 N–H and O–H groups in total. The van der Waals surface area contributed by atoms with Crippen LogP contribution in [0.3, 0.4) is 0 Å². The maximum atomic E-state index is 12.6. The molecule has 32 heavy (non-hydrogen) atoms. The van der Waals surface area contributed by atoms with Crippen LogP contribution in [0.4, 0.5) is 11.4 Å². The average Bonchev–Trinajstić information content (AvgIpc) is 2.79. The van der Waals surface area contributed by atoms with Crippen LogP contribution in [0.2, 0.25) is 0 Å². The summed E-state index contributed by atoms with van der Waals surface area (Å²) in [7, 11) is 1.59. The van der Waals surface area contributed by atoms with Gasteiger partial charge in [0.05, 0.1) is 19.6 Å². The molecule has 0 aliphatic carbocycles. The van der Waals surface area contributed by atoms with Gasteiger partial charge in [0, 0.05) is 37.3 Å². The molecule has 8 nitrogen and oxygen atoms in total. The number of hydrogen-bond acceptors (Lipinski definition) is 5. The molecule has 2 aromatic carbocycles. The summed E-state index contributed by atoms with van der Waals surface area (Å²) >= 11 is 0. The number of piperidine rings is 1. The van der Waals surface area contributed by atoms with E-state index in [0.717, 1.165) is 37.2 Å². The van der Waals surface area contributed by atoms with Crippen LogP contribution in [-0.4, -0.2) is 37.9 Å². The summed E-state index contributed by atoms with van der Waals surface area (Å²) < 4.78 is 5.17. The van der Waals surface area contributed by atoms with Gasteiger partial charge >= 0.3 is 0 Å². The zero-order chi connectivity index (χ0) is 23.1. The van der Waals surface area contributed by atoms with Crippen molar-refractivity contribution in [2.45, 2.75) is 32.2 Å². The smallest absolute Gasteiger partial charge is 0.226 e. The number of carbonyl (C=O) groups is 3. The lowest BCUT2D eigenvalue weighted by atomic mass is 9.96. The van der Waals surface area contributed by atoms with Crippen LogP contribution in [0.25, 0.3) is 0 Å². The summed E-state index contributed by atoms with van der Waals surface area (Å²) in [6.45, 7) is 2.98. The topological polar surface area (TPSA) is 114 Å². The van der Waals surface area contributed by atoms with Gasteiger partial charge in [-0.2, -0.15) is 0 Å². The molecule has 3 amide bonds. The molecular weight excluding hydrogens is 408 g/mol. The van der Waals surface area contributed by atoms with E-state index in [1.807, 2.05) is 36.4 Å². The molecule has 1 unspecified atom stereocenters. The normalized spacial score (nSPS) is 15.0. The van der Waals surface area contributed by atoms with E-state index in [1.165, 1.54) is 6.92 Å². The highest BCUT2D eigenvalue weighted by atomic mass is 16.5. The number of rotatable bonds is 8. The van der Waals surface area contributed by atoms with E-state index in [4.69, 9.17) is 10.5 Å². The van der Waals surface area contributed by atoms with Crippen molar-refractivity contribution in [1.29, 1.82) is 0 Å². The molecule has 0 aromatic heterocycles. The number of amides is 3. The minimum atomic E-state index is -0.441. The van der Waals surface area contributed by atoms with Crippen molar-refractivity contribution in [1.82, 2.24) is 5.32 Å². The molecular formula is C24H30N4O4. The molecule has 2 aromatic rings. The van der Waals surface area contributed by atoms with E-state index < -0.39 is 6.04 Å². The fourth-order valence-electron chi connectivity index (χ4n) is 3.91. The Hall–Kier alpha value is -3.55. The molecule has 1 heterocycles. The lowest BCUT2D eigenvalue weighted by Crippen LogP contribution is -2.38. The van der Waals surface area contributed by atoms with E-state index in [2.05, 4.69) is 15.5 Å². The minimum Gasteiger partial charge on any atom is -0.497 e. The molecule has 8 heteroatoms. The number of nitrogens with one attached hydrogen (secondary N) is 2. The van der Waals surface area contributed by atoms with Gasteiger partial charge in [0.25, 0.3) is 0 Å². The lowest BCUT2D eigenvalue weighted by Gasteiger charge is -2.32. The van der Waals surface area contributed by atoms with Crippen molar-refractivity contribution in [3.05, 3.63) is 54.1 Å². The largest absolute Gasteiger partial charge is 0.497 e. The monoisotopic (exact) mass is 438 g/mol. The fraction of sp³-hybridized carbons (Fsp3) is 0.375. The van der Waals surface area contributed by atoms with Gasteiger partial charge in [0.2, 0.25) is 17.7 Å². The van der Waals surface area contributed by atoms with Gasteiger partial charge < -0.3 is 26.0 Å². The third-order valence-electron chi connectivity index (χ3n) is 5.70. The first kappa shape index (κ1) is 23.1. The van der Waals surface area contributed by atoms with Gasteiger partial charge in [-0.3, -0.25) is 14.4 Å². The lowest BCUT2D eigenvalue weighted by molar-refractivity contribution is -0.122. The Morgan fingerprint density at radius 3 is 2.22 bits per heavy atom. The second-order valence-electron chi connectivity index (χ2n) is 7.99. The van der Waals surface area contributed by atoms with E-state index in [9.17, 15) is 14.4 Å². The molecule has 0 saturated carbocycles. The Bertz CT molecular complexity index is 935. The van der Waals surface area contributed by atoms with Crippen LogP contribution in [0, 0.1) is 5.92 Å². The molecule has 0 radical (unpaired) electrons.